The van der Waals surface area contributed by atoms with Gasteiger partial charge in [0.15, 0.2) is 5.82 Å². The second-order valence-electron chi connectivity index (χ2n) is 4.06. The van der Waals surface area contributed by atoms with Crippen molar-refractivity contribution in [3.05, 3.63) is 34.5 Å². The van der Waals surface area contributed by atoms with E-state index in [0.717, 1.165) is 21.4 Å². The van der Waals surface area contributed by atoms with Crippen LogP contribution in [0.3, 0.4) is 0 Å². The SMILES string of the molecule is Nc1noc(C2CC2)c1-c1ccccc1Br. The summed E-state index contributed by atoms with van der Waals surface area (Å²) in [4.78, 5) is 0. The maximum absolute atomic E-state index is 5.88. The molecule has 4 heteroatoms. The van der Waals surface area contributed by atoms with Crippen LogP contribution >= 0.6 is 15.9 Å². The summed E-state index contributed by atoms with van der Waals surface area (Å²) in [6, 6.07) is 7.99. The molecule has 1 saturated carbocycles. The van der Waals surface area contributed by atoms with Crippen molar-refractivity contribution in [2.75, 3.05) is 5.73 Å². The predicted molar refractivity (Wildman–Crippen MR) is 66.0 cm³/mol. The molecular formula is C12H11BrN2O. The predicted octanol–water partition coefficient (Wildman–Crippen LogP) is 3.56. The van der Waals surface area contributed by atoms with Gasteiger partial charge in [0.05, 0.1) is 5.56 Å². The van der Waals surface area contributed by atoms with E-state index in [-0.39, 0.29) is 0 Å². The highest BCUT2D eigenvalue weighted by atomic mass is 79.9. The Kier molecular flexibility index (Phi) is 2.24. The van der Waals surface area contributed by atoms with Gasteiger partial charge in [-0.15, -0.1) is 0 Å². The molecule has 1 aliphatic rings. The van der Waals surface area contributed by atoms with Gasteiger partial charge in [-0.1, -0.05) is 39.3 Å². The van der Waals surface area contributed by atoms with E-state index < -0.39 is 0 Å². The summed E-state index contributed by atoms with van der Waals surface area (Å²) < 4.78 is 6.35. The average molecular weight is 279 g/mol. The minimum absolute atomic E-state index is 0.480. The van der Waals surface area contributed by atoms with Crippen LogP contribution in [-0.4, -0.2) is 5.16 Å². The van der Waals surface area contributed by atoms with Crippen LogP contribution in [0.4, 0.5) is 5.82 Å². The van der Waals surface area contributed by atoms with Gasteiger partial charge in [-0.2, -0.15) is 0 Å². The molecule has 0 aliphatic heterocycles. The number of benzene rings is 1. The zero-order valence-corrected chi connectivity index (χ0v) is 10.2. The minimum atomic E-state index is 0.480. The summed E-state index contributed by atoms with van der Waals surface area (Å²) >= 11 is 3.53. The molecule has 0 unspecified atom stereocenters. The molecule has 0 atom stereocenters. The van der Waals surface area contributed by atoms with Crippen molar-refractivity contribution in [3.63, 3.8) is 0 Å². The molecule has 82 valence electrons. The summed E-state index contributed by atoms with van der Waals surface area (Å²) in [5.41, 5.74) is 7.89. The summed E-state index contributed by atoms with van der Waals surface area (Å²) in [6.07, 6.45) is 2.35. The summed E-state index contributed by atoms with van der Waals surface area (Å²) in [7, 11) is 0. The first-order chi connectivity index (χ1) is 7.77. The van der Waals surface area contributed by atoms with Crippen molar-refractivity contribution < 1.29 is 4.52 Å². The molecule has 0 amide bonds. The van der Waals surface area contributed by atoms with E-state index in [2.05, 4.69) is 21.1 Å². The van der Waals surface area contributed by atoms with Crippen LogP contribution in [0.15, 0.2) is 33.3 Å². The van der Waals surface area contributed by atoms with Gasteiger partial charge in [-0.05, 0) is 18.9 Å². The molecule has 3 nitrogen and oxygen atoms in total. The summed E-state index contributed by atoms with van der Waals surface area (Å²) in [5.74, 6) is 1.92. The monoisotopic (exact) mass is 278 g/mol. The molecule has 1 aromatic heterocycles. The highest BCUT2D eigenvalue weighted by Crippen LogP contribution is 2.47. The van der Waals surface area contributed by atoms with Crippen molar-refractivity contribution >= 4 is 21.7 Å². The van der Waals surface area contributed by atoms with Gasteiger partial charge in [0.2, 0.25) is 0 Å². The highest BCUT2D eigenvalue weighted by Gasteiger charge is 2.32. The first kappa shape index (κ1) is 9.90. The highest BCUT2D eigenvalue weighted by molar-refractivity contribution is 9.10. The number of halogens is 1. The van der Waals surface area contributed by atoms with Crippen LogP contribution in [0.2, 0.25) is 0 Å². The molecule has 0 bridgehead atoms. The van der Waals surface area contributed by atoms with E-state index in [9.17, 15) is 0 Å². The quantitative estimate of drug-likeness (QED) is 0.914. The number of nitrogen functional groups attached to an aromatic ring is 1. The van der Waals surface area contributed by atoms with Crippen molar-refractivity contribution in [2.45, 2.75) is 18.8 Å². The molecule has 2 N–H and O–H groups in total. The van der Waals surface area contributed by atoms with Gasteiger partial charge in [-0.25, -0.2) is 0 Å². The Morgan fingerprint density at radius 3 is 2.75 bits per heavy atom. The van der Waals surface area contributed by atoms with Crippen LogP contribution in [0.25, 0.3) is 11.1 Å². The van der Waals surface area contributed by atoms with Crippen molar-refractivity contribution in [3.8, 4) is 11.1 Å². The average Bonchev–Trinajstić information content (AvgIpc) is 3.04. The molecule has 1 fully saturated rings. The maximum atomic E-state index is 5.88. The Balaban J connectivity index is 2.18. The lowest BCUT2D eigenvalue weighted by molar-refractivity contribution is 0.387. The topological polar surface area (TPSA) is 52.0 Å². The Morgan fingerprint density at radius 2 is 2.06 bits per heavy atom. The fourth-order valence-corrected chi connectivity index (χ4v) is 2.36. The van der Waals surface area contributed by atoms with E-state index in [1.807, 2.05) is 24.3 Å². The number of nitrogens with two attached hydrogens (primary N) is 1. The first-order valence-electron chi connectivity index (χ1n) is 5.27. The number of hydrogen-bond acceptors (Lipinski definition) is 3. The molecule has 0 radical (unpaired) electrons. The van der Waals surface area contributed by atoms with Gasteiger partial charge in [0, 0.05) is 16.0 Å². The molecule has 1 aliphatic carbocycles. The maximum Gasteiger partial charge on any atom is 0.175 e. The number of aromatic nitrogens is 1. The Morgan fingerprint density at radius 1 is 1.31 bits per heavy atom. The van der Waals surface area contributed by atoms with Crippen LogP contribution in [0.5, 0.6) is 0 Å². The smallest absolute Gasteiger partial charge is 0.175 e. The molecule has 3 rings (SSSR count). The largest absolute Gasteiger partial charge is 0.380 e. The van der Waals surface area contributed by atoms with Crippen LogP contribution in [0, 0.1) is 0 Å². The third-order valence-electron chi connectivity index (χ3n) is 2.84. The first-order valence-corrected chi connectivity index (χ1v) is 6.06. The molecule has 0 saturated heterocycles. The number of rotatable bonds is 2. The lowest BCUT2D eigenvalue weighted by atomic mass is 10.0. The lowest BCUT2D eigenvalue weighted by Crippen LogP contribution is -1.90. The molecule has 1 aromatic carbocycles. The van der Waals surface area contributed by atoms with Gasteiger partial charge in [-0.3, -0.25) is 0 Å². The van der Waals surface area contributed by atoms with E-state index in [0.29, 0.717) is 11.7 Å². The minimum Gasteiger partial charge on any atom is -0.380 e. The summed E-state index contributed by atoms with van der Waals surface area (Å²) in [5, 5.41) is 3.88. The number of hydrogen-bond donors (Lipinski definition) is 1. The number of nitrogens with zero attached hydrogens (tertiary/aromatic N) is 1. The van der Waals surface area contributed by atoms with Gasteiger partial charge < -0.3 is 10.3 Å². The van der Waals surface area contributed by atoms with Crippen LogP contribution in [-0.2, 0) is 0 Å². The fraction of sp³-hybridized carbons (Fsp3) is 0.250. The molecular weight excluding hydrogens is 268 g/mol. The molecule has 1 heterocycles. The number of anilines is 1. The normalized spacial score (nSPS) is 15.3. The second kappa shape index (κ2) is 3.63. The van der Waals surface area contributed by atoms with Gasteiger partial charge in [0.25, 0.3) is 0 Å². The van der Waals surface area contributed by atoms with Gasteiger partial charge in [0.1, 0.15) is 5.76 Å². The zero-order chi connectivity index (χ0) is 11.1. The van der Waals surface area contributed by atoms with Crippen LogP contribution in [0.1, 0.15) is 24.5 Å². The van der Waals surface area contributed by atoms with E-state index >= 15 is 0 Å². The van der Waals surface area contributed by atoms with Crippen molar-refractivity contribution in [1.29, 1.82) is 0 Å². The Hall–Kier alpha value is -1.29. The van der Waals surface area contributed by atoms with E-state index in [4.69, 9.17) is 10.3 Å². The summed E-state index contributed by atoms with van der Waals surface area (Å²) in [6.45, 7) is 0. The van der Waals surface area contributed by atoms with E-state index in [1.54, 1.807) is 0 Å². The van der Waals surface area contributed by atoms with Crippen molar-refractivity contribution in [2.24, 2.45) is 0 Å². The third-order valence-corrected chi connectivity index (χ3v) is 3.53. The molecule has 16 heavy (non-hydrogen) atoms. The Bertz CT molecular complexity index is 532. The zero-order valence-electron chi connectivity index (χ0n) is 8.61. The van der Waals surface area contributed by atoms with Crippen LogP contribution < -0.4 is 5.73 Å². The lowest BCUT2D eigenvalue weighted by Gasteiger charge is -2.03. The molecule has 0 spiro atoms. The van der Waals surface area contributed by atoms with Gasteiger partial charge >= 0.3 is 0 Å². The standard InChI is InChI=1S/C12H11BrN2O/c13-9-4-2-1-3-8(9)10-11(7-5-6-7)16-15-12(10)14/h1-4,7H,5-6H2,(H2,14,15). The Labute approximate surface area is 102 Å². The second-order valence-corrected chi connectivity index (χ2v) is 4.92. The van der Waals surface area contributed by atoms with Crippen molar-refractivity contribution in [1.82, 2.24) is 5.16 Å². The third kappa shape index (κ3) is 1.53. The molecule has 2 aromatic rings. The fourth-order valence-electron chi connectivity index (χ4n) is 1.87. The van der Waals surface area contributed by atoms with E-state index in [1.165, 1.54) is 12.8 Å².